The van der Waals surface area contributed by atoms with Crippen molar-refractivity contribution in [2.75, 3.05) is 32.8 Å². The molecule has 0 radical (unpaired) electrons. The molecule has 1 aromatic heterocycles. The quantitative estimate of drug-likeness (QED) is 0.889. The molecule has 2 heterocycles. The molecule has 3 nitrogen and oxygen atoms in total. The highest BCUT2D eigenvalue weighted by atomic mass is 79.9. The summed E-state index contributed by atoms with van der Waals surface area (Å²) in [5.41, 5.74) is 0. The first-order valence-electron chi connectivity index (χ1n) is 6.97. The number of aliphatic hydroxyl groups is 1. The molecular weight excluding hydrogens is 336 g/mol. The molecule has 5 heteroatoms. The van der Waals surface area contributed by atoms with Crippen LogP contribution in [0.2, 0.25) is 0 Å². The van der Waals surface area contributed by atoms with Crippen molar-refractivity contribution >= 4 is 37.4 Å². The first kappa shape index (κ1) is 14.5. The molecule has 0 saturated carbocycles. The average Bonchev–Trinajstić information content (AvgIpc) is 2.72. The van der Waals surface area contributed by atoms with Gasteiger partial charge in [0.05, 0.1) is 0 Å². The predicted octanol–water partition coefficient (Wildman–Crippen LogP) is 2.68. The number of nitrogens with one attached hydrogen (secondary N) is 1. The lowest BCUT2D eigenvalue weighted by Crippen LogP contribution is -2.30. The summed E-state index contributed by atoms with van der Waals surface area (Å²) in [6.07, 6.45) is 0. The summed E-state index contributed by atoms with van der Waals surface area (Å²) in [5, 5.41) is 14.1. The van der Waals surface area contributed by atoms with Crippen molar-refractivity contribution in [3.8, 4) is 0 Å². The number of hydrogen-bond acceptors (Lipinski definition) is 4. The van der Waals surface area contributed by atoms with Crippen molar-refractivity contribution < 1.29 is 5.11 Å². The Kier molecular flexibility index (Phi) is 4.73. The van der Waals surface area contributed by atoms with Gasteiger partial charge < -0.3 is 10.4 Å². The van der Waals surface area contributed by atoms with Gasteiger partial charge in [-0.05, 0) is 18.2 Å². The number of halogens is 1. The maximum absolute atomic E-state index is 9.38. The van der Waals surface area contributed by atoms with Crippen LogP contribution in [0.3, 0.4) is 0 Å². The van der Waals surface area contributed by atoms with E-state index in [4.69, 9.17) is 0 Å². The molecular formula is C15H19BrN2OS. The van der Waals surface area contributed by atoms with Gasteiger partial charge in [0.1, 0.15) is 0 Å². The summed E-state index contributed by atoms with van der Waals surface area (Å²) in [4.78, 5) is 3.84. The predicted molar refractivity (Wildman–Crippen MR) is 88.2 cm³/mol. The first-order valence-corrected chi connectivity index (χ1v) is 8.58. The zero-order chi connectivity index (χ0) is 13.9. The summed E-state index contributed by atoms with van der Waals surface area (Å²) in [6, 6.07) is 8.64. The van der Waals surface area contributed by atoms with Crippen LogP contribution in [0.4, 0.5) is 0 Å². The number of rotatable bonds is 3. The monoisotopic (exact) mass is 354 g/mol. The first-order chi connectivity index (χ1) is 9.76. The minimum absolute atomic E-state index is 0.265. The van der Waals surface area contributed by atoms with E-state index in [2.05, 4.69) is 50.4 Å². The number of aliphatic hydroxyl groups excluding tert-OH is 1. The number of fused-ring (bicyclic) bond motifs is 1. The molecule has 1 atom stereocenters. The largest absolute Gasteiger partial charge is 0.396 e. The van der Waals surface area contributed by atoms with Gasteiger partial charge in [0.2, 0.25) is 0 Å². The van der Waals surface area contributed by atoms with Crippen LogP contribution in [0.25, 0.3) is 10.1 Å². The second-order valence-corrected chi connectivity index (χ2v) is 7.37. The molecule has 20 heavy (non-hydrogen) atoms. The lowest BCUT2D eigenvalue weighted by atomic mass is 10.1. The van der Waals surface area contributed by atoms with Gasteiger partial charge in [0.15, 0.2) is 0 Å². The Labute approximate surface area is 131 Å². The Morgan fingerprint density at radius 1 is 1.45 bits per heavy atom. The van der Waals surface area contributed by atoms with E-state index >= 15 is 0 Å². The third-order valence-electron chi connectivity index (χ3n) is 3.75. The summed E-state index contributed by atoms with van der Waals surface area (Å²) < 4.78 is 2.50. The minimum atomic E-state index is 0.265. The smallest absolute Gasteiger partial charge is 0.0483 e. The number of hydrogen-bond donors (Lipinski definition) is 2. The van der Waals surface area contributed by atoms with Gasteiger partial charge in [0, 0.05) is 64.7 Å². The van der Waals surface area contributed by atoms with E-state index in [0.717, 1.165) is 32.7 Å². The van der Waals surface area contributed by atoms with E-state index in [1.807, 2.05) is 11.3 Å². The Morgan fingerprint density at radius 2 is 2.35 bits per heavy atom. The van der Waals surface area contributed by atoms with Crippen molar-refractivity contribution in [2.24, 2.45) is 5.92 Å². The zero-order valence-corrected chi connectivity index (χ0v) is 13.7. The summed E-state index contributed by atoms with van der Waals surface area (Å²) in [5.74, 6) is 0.346. The minimum Gasteiger partial charge on any atom is -0.396 e. The topological polar surface area (TPSA) is 35.5 Å². The second kappa shape index (κ2) is 6.54. The molecule has 2 N–H and O–H groups in total. The molecule has 3 rings (SSSR count). The lowest BCUT2D eigenvalue weighted by Gasteiger charge is -2.21. The van der Waals surface area contributed by atoms with Crippen molar-refractivity contribution in [2.45, 2.75) is 6.54 Å². The van der Waals surface area contributed by atoms with Crippen molar-refractivity contribution in [1.82, 2.24) is 10.2 Å². The molecule has 0 amide bonds. The van der Waals surface area contributed by atoms with Crippen molar-refractivity contribution in [3.05, 3.63) is 33.6 Å². The normalized spacial score (nSPS) is 21.2. The fourth-order valence-corrected chi connectivity index (χ4v) is 4.45. The standard InChI is InChI=1S/C15H19BrN2OS/c16-14-2-1-3-15-13(14)6-12(20-15)9-18-5-4-17-7-11(8-18)10-19/h1-3,6,11,17,19H,4-5,7-10H2. The fourth-order valence-electron chi connectivity index (χ4n) is 2.71. The Balaban J connectivity index is 1.76. The van der Waals surface area contributed by atoms with E-state index in [9.17, 15) is 5.11 Å². The fraction of sp³-hybridized carbons (Fsp3) is 0.467. The summed E-state index contributed by atoms with van der Waals surface area (Å²) in [6.45, 7) is 5.19. The third-order valence-corrected chi connectivity index (χ3v) is 5.53. The lowest BCUT2D eigenvalue weighted by molar-refractivity contribution is 0.178. The van der Waals surface area contributed by atoms with Gasteiger partial charge in [-0.2, -0.15) is 0 Å². The van der Waals surface area contributed by atoms with E-state index in [1.54, 1.807) is 0 Å². The number of benzene rings is 1. The molecule has 1 fully saturated rings. The second-order valence-electron chi connectivity index (χ2n) is 5.35. The molecule has 1 unspecified atom stereocenters. The van der Waals surface area contributed by atoms with Crippen LogP contribution in [0, 0.1) is 5.92 Å². The molecule has 108 valence electrons. The van der Waals surface area contributed by atoms with Crippen LogP contribution >= 0.6 is 27.3 Å². The van der Waals surface area contributed by atoms with Crippen molar-refractivity contribution in [1.29, 1.82) is 0 Å². The van der Waals surface area contributed by atoms with Gasteiger partial charge >= 0.3 is 0 Å². The Hall–Kier alpha value is -0.460. The summed E-state index contributed by atoms with van der Waals surface area (Å²) >= 11 is 5.48. The van der Waals surface area contributed by atoms with Gasteiger partial charge in [-0.1, -0.05) is 22.0 Å². The highest BCUT2D eigenvalue weighted by molar-refractivity contribution is 9.10. The molecule has 1 aliphatic rings. The summed E-state index contributed by atoms with van der Waals surface area (Å²) in [7, 11) is 0. The van der Waals surface area contributed by atoms with E-state index in [-0.39, 0.29) is 6.61 Å². The van der Waals surface area contributed by atoms with Gasteiger partial charge in [-0.15, -0.1) is 11.3 Å². The molecule has 1 aromatic carbocycles. The van der Waals surface area contributed by atoms with Gasteiger partial charge in [-0.3, -0.25) is 4.90 Å². The van der Waals surface area contributed by atoms with Crippen molar-refractivity contribution in [3.63, 3.8) is 0 Å². The molecule has 0 spiro atoms. The van der Waals surface area contributed by atoms with E-state index < -0.39 is 0 Å². The number of nitrogens with zero attached hydrogens (tertiary/aromatic N) is 1. The van der Waals surface area contributed by atoms with Crippen LogP contribution in [-0.4, -0.2) is 42.8 Å². The maximum Gasteiger partial charge on any atom is 0.0483 e. The average molecular weight is 355 g/mol. The maximum atomic E-state index is 9.38. The Bertz CT molecular complexity index is 586. The molecule has 0 bridgehead atoms. The van der Waals surface area contributed by atoms with Crippen LogP contribution in [0.1, 0.15) is 4.88 Å². The van der Waals surface area contributed by atoms with Crippen LogP contribution in [0.15, 0.2) is 28.7 Å². The highest BCUT2D eigenvalue weighted by Crippen LogP contribution is 2.32. The molecule has 0 aliphatic carbocycles. The van der Waals surface area contributed by atoms with Crippen LogP contribution < -0.4 is 5.32 Å². The number of thiophene rings is 1. The van der Waals surface area contributed by atoms with Crippen LogP contribution in [-0.2, 0) is 6.54 Å². The molecule has 2 aromatic rings. The van der Waals surface area contributed by atoms with Gasteiger partial charge in [0.25, 0.3) is 0 Å². The SMILES string of the molecule is OCC1CNCCN(Cc2cc3c(Br)cccc3s2)C1. The highest BCUT2D eigenvalue weighted by Gasteiger charge is 2.18. The van der Waals surface area contributed by atoms with E-state index in [0.29, 0.717) is 5.92 Å². The Morgan fingerprint density at radius 3 is 3.15 bits per heavy atom. The molecule has 1 aliphatic heterocycles. The third kappa shape index (κ3) is 3.23. The van der Waals surface area contributed by atoms with E-state index in [1.165, 1.54) is 19.4 Å². The zero-order valence-electron chi connectivity index (χ0n) is 11.3. The van der Waals surface area contributed by atoms with Gasteiger partial charge in [-0.25, -0.2) is 0 Å². The van der Waals surface area contributed by atoms with Crippen LogP contribution in [0.5, 0.6) is 0 Å². The molecule has 1 saturated heterocycles.